The van der Waals surface area contributed by atoms with E-state index in [-0.39, 0.29) is 12.1 Å². The number of alkyl carbamates (subject to hydrolysis) is 1. The molecule has 0 aliphatic carbocycles. The van der Waals surface area contributed by atoms with Gasteiger partial charge in [0.1, 0.15) is 11.8 Å². The predicted octanol–water partition coefficient (Wildman–Crippen LogP) is 3.21. The average Bonchev–Trinajstić information content (AvgIpc) is 3.31. The van der Waals surface area contributed by atoms with Crippen molar-refractivity contribution in [3.8, 4) is 11.1 Å². The third kappa shape index (κ3) is 4.45. The molecule has 8 nitrogen and oxygen atoms in total. The Bertz CT molecular complexity index is 1040. The molecule has 29 heavy (non-hydrogen) atoms. The van der Waals surface area contributed by atoms with Crippen molar-refractivity contribution in [3.05, 3.63) is 54.6 Å². The van der Waals surface area contributed by atoms with E-state index in [0.29, 0.717) is 18.8 Å². The number of cyclic esters (lactones) is 1. The molecule has 1 saturated heterocycles. The highest BCUT2D eigenvalue weighted by molar-refractivity contribution is 5.69. The van der Waals surface area contributed by atoms with Crippen LogP contribution in [0.1, 0.15) is 5.69 Å². The zero-order valence-corrected chi connectivity index (χ0v) is 14.8. The standard InChI is InChI=1S/C18H15F3N6O2/c19-18(20,21)15-4-5-22-16(26-15)25-13-3-1-2-11(6-13)12-7-24-27(9-12)10-14-8-23-17(28)29-14/h1-7,9,14H,8,10H2,(H,23,28)(H,22,25,26)/t14-/m0/s1. The van der Waals surface area contributed by atoms with E-state index < -0.39 is 18.0 Å². The molecule has 1 aliphatic rings. The highest BCUT2D eigenvalue weighted by Crippen LogP contribution is 2.28. The van der Waals surface area contributed by atoms with Gasteiger partial charge < -0.3 is 15.4 Å². The molecule has 0 unspecified atom stereocenters. The molecule has 1 atom stereocenters. The largest absolute Gasteiger partial charge is 0.442 e. The van der Waals surface area contributed by atoms with Crippen molar-refractivity contribution in [2.45, 2.75) is 18.8 Å². The molecule has 11 heteroatoms. The van der Waals surface area contributed by atoms with Gasteiger partial charge in [-0.3, -0.25) is 4.68 Å². The normalized spacial score (nSPS) is 16.4. The van der Waals surface area contributed by atoms with Crippen LogP contribution >= 0.6 is 0 Å². The van der Waals surface area contributed by atoms with Gasteiger partial charge in [-0.05, 0) is 23.8 Å². The molecule has 1 amide bonds. The van der Waals surface area contributed by atoms with E-state index in [4.69, 9.17) is 4.74 Å². The fourth-order valence-corrected chi connectivity index (χ4v) is 2.84. The molecule has 0 saturated carbocycles. The predicted molar refractivity (Wildman–Crippen MR) is 96.3 cm³/mol. The number of ether oxygens (including phenoxy) is 1. The number of benzene rings is 1. The van der Waals surface area contributed by atoms with Crippen molar-refractivity contribution >= 4 is 17.7 Å². The van der Waals surface area contributed by atoms with Gasteiger partial charge in [0.2, 0.25) is 5.95 Å². The van der Waals surface area contributed by atoms with Crippen LogP contribution in [-0.2, 0) is 17.5 Å². The number of nitrogens with zero attached hydrogens (tertiary/aromatic N) is 4. The van der Waals surface area contributed by atoms with E-state index in [9.17, 15) is 18.0 Å². The van der Waals surface area contributed by atoms with Crippen molar-refractivity contribution in [2.24, 2.45) is 0 Å². The Morgan fingerprint density at radius 2 is 2.14 bits per heavy atom. The number of hydrogen-bond acceptors (Lipinski definition) is 6. The van der Waals surface area contributed by atoms with Crippen LogP contribution in [0.2, 0.25) is 0 Å². The van der Waals surface area contributed by atoms with Gasteiger partial charge in [0.25, 0.3) is 0 Å². The summed E-state index contributed by atoms with van der Waals surface area (Å²) in [7, 11) is 0. The minimum atomic E-state index is -4.54. The molecule has 0 radical (unpaired) electrons. The quantitative estimate of drug-likeness (QED) is 0.678. The second-order valence-electron chi connectivity index (χ2n) is 6.33. The van der Waals surface area contributed by atoms with Crippen molar-refractivity contribution in [1.29, 1.82) is 0 Å². The first kappa shape index (κ1) is 18.7. The number of hydrogen-bond donors (Lipinski definition) is 2. The SMILES string of the molecule is O=C1NC[C@@H](Cn2cc(-c3cccc(Nc4nccc(C(F)(F)F)n4)c3)cn2)O1. The van der Waals surface area contributed by atoms with E-state index in [0.717, 1.165) is 23.4 Å². The summed E-state index contributed by atoms with van der Waals surface area (Å²) in [6.45, 7) is 0.833. The lowest BCUT2D eigenvalue weighted by Gasteiger charge is -2.09. The van der Waals surface area contributed by atoms with Crippen molar-refractivity contribution in [2.75, 3.05) is 11.9 Å². The van der Waals surface area contributed by atoms with Crippen molar-refractivity contribution < 1.29 is 22.7 Å². The number of carbonyl (C=O) groups excluding carboxylic acids is 1. The fraction of sp³-hybridized carbons (Fsp3) is 0.222. The van der Waals surface area contributed by atoms with Gasteiger partial charge in [-0.2, -0.15) is 18.3 Å². The number of halogens is 3. The number of anilines is 2. The van der Waals surface area contributed by atoms with Crippen LogP contribution in [0.15, 0.2) is 48.9 Å². The lowest BCUT2D eigenvalue weighted by Crippen LogP contribution is -2.20. The number of carbonyl (C=O) groups is 1. The summed E-state index contributed by atoms with van der Waals surface area (Å²) in [5.41, 5.74) is 1.11. The Morgan fingerprint density at radius 1 is 1.28 bits per heavy atom. The van der Waals surface area contributed by atoms with Crippen LogP contribution in [0.5, 0.6) is 0 Å². The Balaban J connectivity index is 1.49. The van der Waals surface area contributed by atoms with E-state index >= 15 is 0 Å². The van der Waals surface area contributed by atoms with Gasteiger partial charge in [-0.15, -0.1) is 0 Å². The maximum absolute atomic E-state index is 12.8. The van der Waals surface area contributed by atoms with E-state index in [1.54, 1.807) is 35.3 Å². The number of aromatic nitrogens is 4. The van der Waals surface area contributed by atoms with E-state index in [1.165, 1.54) is 0 Å². The van der Waals surface area contributed by atoms with Gasteiger partial charge in [0.15, 0.2) is 0 Å². The number of alkyl halides is 3. The lowest BCUT2D eigenvalue weighted by molar-refractivity contribution is -0.141. The van der Waals surface area contributed by atoms with Gasteiger partial charge in [0, 0.05) is 23.6 Å². The number of rotatable bonds is 5. The van der Waals surface area contributed by atoms with Crippen LogP contribution < -0.4 is 10.6 Å². The Kier molecular flexibility index (Phi) is 4.79. The third-order valence-electron chi connectivity index (χ3n) is 4.17. The lowest BCUT2D eigenvalue weighted by atomic mass is 10.1. The van der Waals surface area contributed by atoms with Crippen LogP contribution in [0, 0.1) is 0 Å². The van der Waals surface area contributed by atoms with Crippen molar-refractivity contribution in [1.82, 2.24) is 25.1 Å². The summed E-state index contributed by atoms with van der Waals surface area (Å²) >= 11 is 0. The summed E-state index contributed by atoms with van der Waals surface area (Å²) in [4.78, 5) is 18.4. The third-order valence-corrected chi connectivity index (χ3v) is 4.17. The molecule has 0 spiro atoms. The molecular formula is C18H15F3N6O2. The Labute approximate surface area is 162 Å². The molecule has 2 N–H and O–H groups in total. The first-order chi connectivity index (χ1) is 13.9. The summed E-state index contributed by atoms with van der Waals surface area (Å²) in [6.07, 6.45) is -0.773. The van der Waals surface area contributed by atoms with Crippen LogP contribution in [0.3, 0.4) is 0 Å². The summed E-state index contributed by atoms with van der Waals surface area (Å²) in [5.74, 6) is -0.150. The molecule has 1 aliphatic heterocycles. The van der Waals surface area contributed by atoms with Crippen LogP contribution in [0.4, 0.5) is 29.6 Å². The van der Waals surface area contributed by atoms with E-state index in [2.05, 4.69) is 25.7 Å². The summed E-state index contributed by atoms with van der Waals surface area (Å²) in [5, 5.41) is 9.62. The molecule has 150 valence electrons. The Morgan fingerprint density at radius 3 is 2.90 bits per heavy atom. The molecule has 2 aromatic heterocycles. The zero-order valence-electron chi connectivity index (χ0n) is 14.8. The molecule has 1 aromatic carbocycles. The number of amides is 1. The maximum atomic E-state index is 12.8. The minimum absolute atomic E-state index is 0.150. The second-order valence-corrected chi connectivity index (χ2v) is 6.33. The van der Waals surface area contributed by atoms with Crippen LogP contribution in [0.25, 0.3) is 11.1 Å². The second kappa shape index (κ2) is 7.41. The summed E-state index contributed by atoms with van der Waals surface area (Å²) < 4.78 is 45.2. The minimum Gasteiger partial charge on any atom is -0.442 e. The van der Waals surface area contributed by atoms with Gasteiger partial charge >= 0.3 is 12.3 Å². The monoisotopic (exact) mass is 404 g/mol. The Hall–Kier alpha value is -3.63. The first-order valence-electron chi connectivity index (χ1n) is 8.61. The van der Waals surface area contributed by atoms with Crippen LogP contribution in [-0.4, -0.2) is 38.5 Å². The molecule has 4 rings (SSSR count). The topological polar surface area (TPSA) is 94.0 Å². The molecule has 3 heterocycles. The molecule has 1 fully saturated rings. The molecule has 0 bridgehead atoms. The molecule has 3 aromatic rings. The van der Waals surface area contributed by atoms with Gasteiger partial charge in [-0.1, -0.05) is 12.1 Å². The van der Waals surface area contributed by atoms with Gasteiger partial charge in [-0.25, -0.2) is 14.8 Å². The molecular weight excluding hydrogens is 389 g/mol. The van der Waals surface area contributed by atoms with Gasteiger partial charge in [0.05, 0.1) is 19.3 Å². The van der Waals surface area contributed by atoms with E-state index in [1.807, 2.05) is 6.07 Å². The highest BCUT2D eigenvalue weighted by Gasteiger charge is 2.32. The first-order valence-corrected chi connectivity index (χ1v) is 8.61. The average molecular weight is 404 g/mol. The number of nitrogens with one attached hydrogen (secondary N) is 2. The smallest absolute Gasteiger partial charge is 0.433 e. The van der Waals surface area contributed by atoms with Crippen molar-refractivity contribution in [3.63, 3.8) is 0 Å². The zero-order chi connectivity index (χ0) is 20.4. The fourth-order valence-electron chi connectivity index (χ4n) is 2.84. The maximum Gasteiger partial charge on any atom is 0.433 e. The summed E-state index contributed by atoms with van der Waals surface area (Å²) in [6, 6.07) is 7.86. The highest BCUT2D eigenvalue weighted by atomic mass is 19.4.